The second-order valence-electron chi connectivity index (χ2n) is 14.1. The highest BCUT2D eigenvalue weighted by Gasteiger charge is 2.48. The number of rotatable bonds is 15. The van der Waals surface area contributed by atoms with Crippen molar-refractivity contribution in [1.29, 1.82) is 0 Å². The van der Waals surface area contributed by atoms with E-state index in [1.807, 2.05) is 30.3 Å². The molecule has 0 radical (unpaired) electrons. The first-order valence-electron chi connectivity index (χ1n) is 18.4. The third-order valence-electron chi connectivity index (χ3n) is 10.2. The minimum absolute atomic E-state index is 0.0671. The first-order valence-corrected chi connectivity index (χ1v) is 20.0. The smallest absolute Gasteiger partial charge is 0.387 e. The van der Waals surface area contributed by atoms with Gasteiger partial charge in [0.2, 0.25) is 29.5 Å². The molecular formula is C36H43N9O11P+. The number of hydrogen-bond acceptors (Lipinski definition) is 12. The third-order valence-corrected chi connectivity index (χ3v) is 11.3. The van der Waals surface area contributed by atoms with Crippen LogP contribution in [0, 0.1) is 0 Å². The molecule has 2 unspecified atom stereocenters. The van der Waals surface area contributed by atoms with Gasteiger partial charge in [-0.15, -0.1) is 0 Å². The van der Waals surface area contributed by atoms with Crippen LogP contribution in [0.2, 0.25) is 0 Å². The van der Waals surface area contributed by atoms with Crippen molar-refractivity contribution in [2.45, 2.75) is 82.2 Å². The molecule has 0 spiro atoms. The predicted molar refractivity (Wildman–Crippen MR) is 200 cm³/mol. The van der Waals surface area contributed by atoms with Crippen molar-refractivity contribution in [3.8, 4) is 0 Å². The summed E-state index contributed by atoms with van der Waals surface area (Å²) in [4.78, 5) is 81.3. The van der Waals surface area contributed by atoms with Crippen LogP contribution in [-0.2, 0) is 41.3 Å². The number of carbonyl (C=O) groups excluding carboxylic acids is 4. The number of hydrogen-bond donors (Lipinski definition) is 8. The second kappa shape index (κ2) is 16.6. The number of aliphatic hydroxyl groups is 2. The van der Waals surface area contributed by atoms with Gasteiger partial charge < -0.3 is 35.8 Å². The molecule has 3 aliphatic heterocycles. The highest BCUT2D eigenvalue weighted by Crippen LogP contribution is 2.39. The first kappa shape index (κ1) is 39.9. The maximum atomic E-state index is 13.1. The summed E-state index contributed by atoms with van der Waals surface area (Å²) in [7, 11) is -4.38. The number of nitrogen functional groups attached to an aromatic ring is 1. The lowest BCUT2D eigenvalue weighted by Gasteiger charge is -2.29. The summed E-state index contributed by atoms with van der Waals surface area (Å²) in [6, 6.07) is 13.5. The Morgan fingerprint density at radius 1 is 1.07 bits per heavy atom. The molecule has 2 saturated heterocycles. The number of nitrogens with two attached hydrogens (primary N) is 1. The average molecular weight is 809 g/mol. The molecule has 2 aromatic carbocycles. The van der Waals surface area contributed by atoms with Crippen molar-refractivity contribution < 1.29 is 52.7 Å². The van der Waals surface area contributed by atoms with Crippen LogP contribution in [0.1, 0.15) is 66.2 Å². The molecule has 0 aliphatic carbocycles. The molecule has 0 bridgehead atoms. The van der Waals surface area contributed by atoms with E-state index in [0.717, 1.165) is 5.56 Å². The Kier molecular flexibility index (Phi) is 11.6. The van der Waals surface area contributed by atoms with Crippen LogP contribution in [0.5, 0.6) is 0 Å². The van der Waals surface area contributed by atoms with Crippen molar-refractivity contribution in [3.05, 3.63) is 81.9 Å². The highest BCUT2D eigenvalue weighted by atomic mass is 31.2. The number of aliphatic hydroxyl groups excluding tert-OH is 2. The number of nitrogens with zero attached hydrogens (tertiary/aromatic N) is 4. The molecule has 2 fully saturated rings. The van der Waals surface area contributed by atoms with E-state index in [4.69, 9.17) is 15.0 Å². The van der Waals surface area contributed by atoms with E-state index in [-0.39, 0.29) is 73.7 Å². The summed E-state index contributed by atoms with van der Waals surface area (Å²) in [6.45, 7) is -0.100. The quantitative estimate of drug-likeness (QED) is 0.0338. The fourth-order valence-electron chi connectivity index (χ4n) is 7.30. The van der Waals surface area contributed by atoms with E-state index >= 15 is 0 Å². The van der Waals surface area contributed by atoms with Crippen LogP contribution < -0.4 is 31.6 Å². The summed E-state index contributed by atoms with van der Waals surface area (Å²) in [5.41, 5.74) is 7.86. The number of anilines is 2. The van der Waals surface area contributed by atoms with Crippen LogP contribution in [0.3, 0.4) is 0 Å². The van der Waals surface area contributed by atoms with Gasteiger partial charge in [0.25, 0.3) is 17.4 Å². The van der Waals surface area contributed by atoms with E-state index in [0.29, 0.717) is 36.1 Å². The summed E-state index contributed by atoms with van der Waals surface area (Å²) < 4.78 is 26.9. The largest absolute Gasteiger partial charge is 0.403 e. The van der Waals surface area contributed by atoms with Crippen molar-refractivity contribution >= 4 is 54.2 Å². The number of carbonyl (C=O) groups is 4. The molecule has 2 aromatic heterocycles. The Morgan fingerprint density at radius 3 is 2.63 bits per heavy atom. The normalized spacial score (nSPS) is 23.1. The third kappa shape index (κ3) is 8.66. The first-order chi connectivity index (χ1) is 27.3. The van der Waals surface area contributed by atoms with E-state index in [1.165, 1.54) is 15.8 Å². The molecule has 4 amide bonds. The van der Waals surface area contributed by atoms with Crippen LogP contribution in [0.15, 0.2) is 59.7 Å². The fourth-order valence-corrected chi connectivity index (χ4v) is 8.18. The molecule has 4 aromatic rings. The number of nitrogens with one attached hydrogen (secondary N) is 4. The van der Waals surface area contributed by atoms with E-state index in [1.54, 1.807) is 22.8 Å². The fraction of sp³-hybridized carbons (Fsp3) is 0.417. The van der Waals surface area contributed by atoms with Crippen molar-refractivity contribution in [2.24, 2.45) is 0 Å². The molecule has 57 heavy (non-hydrogen) atoms. The predicted octanol–water partition coefficient (Wildman–Crippen LogP) is -0.0715. The Hall–Kier alpha value is -5.34. The van der Waals surface area contributed by atoms with Crippen molar-refractivity contribution in [2.75, 3.05) is 24.2 Å². The zero-order chi connectivity index (χ0) is 40.4. The monoisotopic (exact) mass is 808 g/mol. The van der Waals surface area contributed by atoms with Gasteiger partial charge in [-0.1, -0.05) is 47.8 Å². The number of unbranched alkanes of at least 4 members (excludes halogenated alkanes) is 2. The van der Waals surface area contributed by atoms with Gasteiger partial charge in [-0.2, -0.15) is 0 Å². The van der Waals surface area contributed by atoms with Crippen LogP contribution in [-0.4, -0.2) is 95.7 Å². The minimum Gasteiger partial charge on any atom is -0.387 e. The Morgan fingerprint density at radius 2 is 1.86 bits per heavy atom. The summed E-state index contributed by atoms with van der Waals surface area (Å²) in [5, 5.41) is 29.3. The van der Waals surface area contributed by atoms with E-state index in [9.17, 15) is 43.6 Å². The maximum absolute atomic E-state index is 13.1. The molecule has 20 nitrogen and oxygen atoms in total. The van der Waals surface area contributed by atoms with Crippen molar-refractivity contribution in [3.63, 3.8) is 0 Å². The molecule has 7 rings (SSSR count). The number of aromatic nitrogens is 4. The van der Waals surface area contributed by atoms with Gasteiger partial charge in [0, 0.05) is 42.7 Å². The topological polar surface area (TPSA) is 284 Å². The lowest BCUT2D eigenvalue weighted by molar-refractivity contribution is -0.745. The van der Waals surface area contributed by atoms with Crippen molar-refractivity contribution in [1.82, 2.24) is 29.8 Å². The number of imide groups is 1. The van der Waals surface area contributed by atoms with Gasteiger partial charge in [0.15, 0.2) is 6.33 Å². The summed E-state index contributed by atoms with van der Waals surface area (Å²) >= 11 is 0. The van der Waals surface area contributed by atoms with Crippen LogP contribution in [0.25, 0.3) is 11.2 Å². The van der Waals surface area contributed by atoms with E-state index in [2.05, 4.69) is 25.7 Å². The molecule has 302 valence electrons. The molecule has 5 heterocycles. The molecular weight excluding hydrogens is 765 g/mol. The van der Waals surface area contributed by atoms with Gasteiger partial charge in [0.1, 0.15) is 24.4 Å². The maximum Gasteiger partial charge on any atom is 0.403 e. The standard InChI is InChI=1S/C36H42N9O11P/c37-36-41-31-28(33(51)42-36)43(16-20-8-3-1-4-9-20)19-45(31)35-30(49)29(48)25(56-35)18-55-57(53,54)38-15-6-2-5-12-26(46)39-23-11-7-10-21-22(23)17-44(34(21)52)24-13-14-27(47)40-32(24)50/h1,3-4,7-11,19,24-25,29-30,35,48-49H,2,5-6,12-18H2,(H6-,37,38,39,40,41,42,46,47,50,51,53,54)/p+1/t24?,25-,29-,30-,35-/m1/s1. The SMILES string of the molecule is Nc1nc2c(c(=O)[nH]1)n(Cc1ccccc1)c[n+]2[C@@H]1O[C@H](COP(=O)(O)NCCCCCC(=O)Nc2cccc3c2CN(C2CCC(=O)NC2=O)C3=O)[C@@H](O)[C@H]1O. The Labute approximate surface area is 324 Å². The number of amides is 4. The minimum atomic E-state index is -4.38. The molecule has 21 heteroatoms. The van der Waals surface area contributed by atoms with E-state index < -0.39 is 56.4 Å². The average Bonchev–Trinajstić information content (AvgIpc) is 3.79. The lowest BCUT2D eigenvalue weighted by atomic mass is 10.0. The second-order valence-corrected chi connectivity index (χ2v) is 15.7. The van der Waals surface area contributed by atoms with Gasteiger partial charge in [-0.05, 0) is 37.0 Å². The highest BCUT2D eigenvalue weighted by molar-refractivity contribution is 7.50. The van der Waals surface area contributed by atoms with Gasteiger partial charge >= 0.3 is 13.4 Å². The molecule has 3 aliphatic rings. The Bertz CT molecular complexity index is 2300. The van der Waals surface area contributed by atoms with Crippen LogP contribution >= 0.6 is 7.75 Å². The molecule has 0 saturated carbocycles. The zero-order valence-corrected chi connectivity index (χ0v) is 31.5. The lowest BCUT2D eigenvalue weighted by Crippen LogP contribution is -2.52. The number of piperidine rings is 1. The number of ether oxygens (including phenoxy) is 1. The summed E-state index contributed by atoms with van der Waals surface area (Å²) in [6.07, 6.45) is -2.13. The van der Waals surface area contributed by atoms with Gasteiger partial charge in [-0.3, -0.25) is 43.4 Å². The number of benzene rings is 2. The number of imidazole rings is 1. The van der Waals surface area contributed by atoms with Gasteiger partial charge in [0.05, 0.1) is 13.2 Å². The zero-order valence-electron chi connectivity index (χ0n) is 30.6. The van der Waals surface area contributed by atoms with Gasteiger partial charge in [-0.25, -0.2) is 14.2 Å². The van der Waals surface area contributed by atoms with Crippen LogP contribution in [0.4, 0.5) is 11.6 Å². The number of H-pyrrole nitrogens is 1. The molecule has 6 atom stereocenters. The molecule has 9 N–H and O–H groups in total. The Balaban J connectivity index is 0.864. The number of aromatic amines is 1. The number of fused-ring (bicyclic) bond motifs is 2. The summed E-state index contributed by atoms with van der Waals surface area (Å²) in [5.74, 6) is -1.71.